The highest BCUT2D eigenvalue weighted by Gasteiger charge is 2.20. The Labute approximate surface area is 91.8 Å². The molecule has 0 aliphatic heterocycles. The monoisotopic (exact) mass is 260 g/mol. The maximum atomic E-state index is 13.5. The van der Waals surface area contributed by atoms with Gasteiger partial charge in [-0.3, -0.25) is 11.3 Å². The minimum Gasteiger partial charge on any atom is -0.271 e. The van der Waals surface area contributed by atoms with Gasteiger partial charge >= 0.3 is 0 Å². The predicted molar refractivity (Wildman–Crippen MR) is 59.0 cm³/mol. The minimum absolute atomic E-state index is 0.175. The Balaban J connectivity index is 3.15. The first-order valence-corrected chi connectivity index (χ1v) is 5.27. The zero-order valence-corrected chi connectivity index (χ0v) is 9.81. The van der Waals surface area contributed by atoms with Gasteiger partial charge in [-0.1, -0.05) is 35.8 Å². The first kappa shape index (κ1) is 11.6. The summed E-state index contributed by atoms with van der Waals surface area (Å²) in [5.74, 6) is 5.40. The maximum absolute atomic E-state index is 13.5. The molecule has 14 heavy (non-hydrogen) atoms. The van der Waals surface area contributed by atoms with Gasteiger partial charge in [0.2, 0.25) is 0 Å². The quantitative estimate of drug-likeness (QED) is 0.648. The van der Waals surface area contributed by atoms with Crippen molar-refractivity contribution in [1.82, 2.24) is 5.43 Å². The van der Waals surface area contributed by atoms with E-state index < -0.39 is 0 Å². The lowest BCUT2D eigenvalue weighted by atomic mass is 9.96. The van der Waals surface area contributed by atoms with E-state index in [9.17, 15) is 4.39 Å². The summed E-state index contributed by atoms with van der Waals surface area (Å²) in [6, 6.07) is 4.74. The largest absolute Gasteiger partial charge is 0.271 e. The number of benzene rings is 1. The summed E-state index contributed by atoms with van der Waals surface area (Å²) in [4.78, 5) is 0. The van der Waals surface area contributed by atoms with Crippen LogP contribution in [-0.4, -0.2) is 0 Å². The first-order valence-electron chi connectivity index (χ1n) is 4.48. The van der Waals surface area contributed by atoms with Crippen LogP contribution in [0.3, 0.4) is 0 Å². The van der Waals surface area contributed by atoms with Crippen molar-refractivity contribution in [3.05, 3.63) is 34.1 Å². The van der Waals surface area contributed by atoms with Gasteiger partial charge in [-0.25, -0.2) is 4.39 Å². The average molecular weight is 261 g/mol. The second kappa shape index (κ2) is 4.87. The van der Waals surface area contributed by atoms with Gasteiger partial charge in [0, 0.05) is 10.0 Å². The molecular weight excluding hydrogens is 247 g/mol. The van der Waals surface area contributed by atoms with Crippen LogP contribution in [0.4, 0.5) is 4.39 Å². The molecule has 78 valence electrons. The van der Waals surface area contributed by atoms with Crippen LogP contribution in [0.25, 0.3) is 0 Å². The van der Waals surface area contributed by atoms with Crippen LogP contribution in [-0.2, 0) is 0 Å². The summed E-state index contributed by atoms with van der Waals surface area (Å²) in [6.45, 7) is 3.98. The van der Waals surface area contributed by atoms with E-state index in [1.807, 2.05) is 19.9 Å². The number of hydrazine groups is 1. The summed E-state index contributed by atoms with van der Waals surface area (Å²) < 4.78 is 14.3. The molecule has 0 bridgehead atoms. The van der Waals surface area contributed by atoms with E-state index in [0.29, 0.717) is 5.56 Å². The Bertz CT molecular complexity index is 295. The van der Waals surface area contributed by atoms with Gasteiger partial charge in [-0.2, -0.15) is 0 Å². The third kappa shape index (κ3) is 2.32. The summed E-state index contributed by atoms with van der Waals surface area (Å²) in [5.41, 5.74) is 3.22. The van der Waals surface area contributed by atoms with Gasteiger partial charge < -0.3 is 0 Å². The van der Waals surface area contributed by atoms with E-state index in [4.69, 9.17) is 5.84 Å². The normalized spacial score (nSPS) is 13.3. The highest BCUT2D eigenvalue weighted by Crippen LogP contribution is 2.30. The maximum Gasteiger partial charge on any atom is 0.129 e. The lowest BCUT2D eigenvalue weighted by molar-refractivity contribution is 0.403. The van der Waals surface area contributed by atoms with Gasteiger partial charge in [-0.15, -0.1) is 0 Å². The van der Waals surface area contributed by atoms with Crippen molar-refractivity contribution in [2.75, 3.05) is 0 Å². The summed E-state index contributed by atoms with van der Waals surface area (Å²) in [6.07, 6.45) is 0. The fraction of sp³-hybridized carbons (Fsp3) is 0.400. The second-order valence-corrected chi connectivity index (χ2v) is 4.38. The van der Waals surface area contributed by atoms with Crippen molar-refractivity contribution in [2.45, 2.75) is 19.9 Å². The van der Waals surface area contributed by atoms with Crippen LogP contribution < -0.4 is 11.3 Å². The van der Waals surface area contributed by atoms with Gasteiger partial charge in [0.15, 0.2) is 0 Å². The zero-order chi connectivity index (χ0) is 10.7. The van der Waals surface area contributed by atoms with Gasteiger partial charge in [-0.05, 0) is 18.1 Å². The molecule has 0 spiro atoms. The molecule has 0 saturated carbocycles. The van der Waals surface area contributed by atoms with Gasteiger partial charge in [0.05, 0.1) is 6.04 Å². The predicted octanol–water partition coefficient (Wildman–Crippen LogP) is 2.75. The molecule has 0 aliphatic rings. The molecule has 0 fully saturated rings. The SMILES string of the molecule is CC(C)C(NN)c1c(F)cccc1Br. The second-order valence-electron chi connectivity index (χ2n) is 3.52. The molecule has 0 heterocycles. The molecular formula is C10H14BrFN2. The Morgan fingerprint density at radius 2 is 2.07 bits per heavy atom. The van der Waals surface area contributed by atoms with Crippen molar-refractivity contribution >= 4 is 15.9 Å². The highest BCUT2D eigenvalue weighted by atomic mass is 79.9. The van der Waals surface area contributed by atoms with Crippen LogP contribution in [0.2, 0.25) is 0 Å². The van der Waals surface area contributed by atoms with Crippen LogP contribution in [0.15, 0.2) is 22.7 Å². The smallest absolute Gasteiger partial charge is 0.129 e. The topological polar surface area (TPSA) is 38.0 Å². The van der Waals surface area contributed by atoms with Gasteiger partial charge in [0.25, 0.3) is 0 Å². The standard InChI is InChI=1S/C10H14BrFN2/c1-6(2)10(14-13)9-7(11)4-3-5-8(9)12/h3-6,10,14H,13H2,1-2H3. The molecule has 0 amide bonds. The third-order valence-corrected chi connectivity index (χ3v) is 2.85. The van der Waals surface area contributed by atoms with E-state index in [1.54, 1.807) is 6.07 Å². The van der Waals surface area contributed by atoms with Crippen molar-refractivity contribution in [2.24, 2.45) is 11.8 Å². The highest BCUT2D eigenvalue weighted by molar-refractivity contribution is 9.10. The molecule has 0 aliphatic carbocycles. The number of hydrogen-bond donors (Lipinski definition) is 2. The Hall–Kier alpha value is -0.450. The number of hydrogen-bond acceptors (Lipinski definition) is 2. The van der Waals surface area contributed by atoms with E-state index in [0.717, 1.165) is 4.47 Å². The third-order valence-electron chi connectivity index (χ3n) is 2.16. The summed E-state index contributed by atoms with van der Waals surface area (Å²) in [5, 5.41) is 0. The molecule has 1 atom stereocenters. The fourth-order valence-electron chi connectivity index (χ4n) is 1.42. The molecule has 2 nitrogen and oxygen atoms in total. The van der Waals surface area contributed by atoms with E-state index in [-0.39, 0.29) is 17.8 Å². The molecule has 0 saturated heterocycles. The molecule has 1 aromatic carbocycles. The van der Waals surface area contributed by atoms with Crippen molar-refractivity contribution < 1.29 is 4.39 Å². The van der Waals surface area contributed by atoms with E-state index >= 15 is 0 Å². The Morgan fingerprint density at radius 1 is 1.43 bits per heavy atom. The molecule has 3 N–H and O–H groups in total. The van der Waals surface area contributed by atoms with Crippen molar-refractivity contribution in [3.63, 3.8) is 0 Å². The average Bonchev–Trinajstić information content (AvgIpc) is 2.10. The molecule has 1 unspecified atom stereocenters. The van der Waals surface area contributed by atoms with Crippen LogP contribution in [0.5, 0.6) is 0 Å². The Kier molecular flexibility index (Phi) is 4.04. The fourth-order valence-corrected chi connectivity index (χ4v) is 2.01. The number of rotatable bonds is 3. The number of halogens is 2. The summed E-state index contributed by atoms with van der Waals surface area (Å²) in [7, 11) is 0. The molecule has 1 aromatic rings. The van der Waals surface area contributed by atoms with Crippen LogP contribution in [0, 0.1) is 11.7 Å². The van der Waals surface area contributed by atoms with Crippen LogP contribution in [0.1, 0.15) is 25.5 Å². The van der Waals surface area contributed by atoms with E-state index in [1.165, 1.54) is 6.07 Å². The molecule has 0 radical (unpaired) electrons. The minimum atomic E-state index is -0.240. The molecule has 4 heteroatoms. The summed E-state index contributed by atoms with van der Waals surface area (Å²) >= 11 is 3.32. The van der Waals surface area contributed by atoms with Gasteiger partial charge in [0.1, 0.15) is 5.82 Å². The number of nitrogens with two attached hydrogens (primary N) is 1. The lowest BCUT2D eigenvalue weighted by Gasteiger charge is -2.21. The van der Waals surface area contributed by atoms with Crippen molar-refractivity contribution in [3.8, 4) is 0 Å². The number of nitrogens with one attached hydrogen (secondary N) is 1. The molecule has 0 aromatic heterocycles. The first-order chi connectivity index (χ1) is 6.57. The zero-order valence-electron chi connectivity index (χ0n) is 8.22. The van der Waals surface area contributed by atoms with E-state index in [2.05, 4.69) is 21.4 Å². The molecule has 1 rings (SSSR count). The Morgan fingerprint density at radius 3 is 2.50 bits per heavy atom. The lowest BCUT2D eigenvalue weighted by Crippen LogP contribution is -2.32. The van der Waals surface area contributed by atoms with Crippen LogP contribution >= 0.6 is 15.9 Å². The van der Waals surface area contributed by atoms with Crippen molar-refractivity contribution in [1.29, 1.82) is 0 Å².